The van der Waals surface area contributed by atoms with Crippen molar-refractivity contribution in [1.82, 2.24) is 20.4 Å². The molecule has 39 heavy (non-hydrogen) atoms. The number of halogens is 1. The number of carbonyl (C=O) groups is 2. The van der Waals surface area contributed by atoms with E-state index in [-0.39, 0.29) is 24.5 Å². The first-order valence-electron chi connectivity index (χ1n) is 12.5. The Bertz CT molecular complexity index is 1460. The minimum Gasteiger partial charge on any atom is -0.450 e. The third-order valence-corrected chi connectivity index (χ3v) is 6.93. The molecule has 3 aromatic carbocycles. The summed E-state index contributed by atoms with van der Waals surface area (Å²) < 4.78 is 25.2. The van der Waals surface area contributed by atoms with E-state index in [4.69, 9.17) is 14.4 Å². The largest absolute Gasteiger partial charge is 0.506 e. The summed E-state index contributed by atoms with van der Waals surface area (Å²) >= 11 is 0. The normalized spacial score (nSPS) is 15.0. The van der Waals surface area contributed by atoms with Gasteiger partial charge in [0.1, 0.15) is 5.82 Å². The molecule has 9 nitrogen and oxygen atoms in total. The number of nitrogens with zero attached hydrogens (tertiary/aromatic N) is 3. The predicted molar refractivity (Wildman–Crippen MR) is 141 cm³/mol. The van der Waals surface area contributed by atoms with E-state index in [0.29, 0.717) is 36.6 Å². The molecular weight excluding hydrogens is 503 g/mol. The fraction of sp³-hybridized carbons (Fsp3) is 0.241. The Labute approximate surface area is 224 Å². The fourth-order valence-corrected chi connectivity index (χ4v) is 4.82. The van der Waals surface area contributed by atoms with E-state index in [1.165, 1.54) is 13.1 Å². The standard InChI is InChI=1S/C29H27FN4O5/c1-31-27(35)29(38-28(36)37)13-15-34(16-14-29)18-19-7-9-21(10-8-19)25-32-26(39-33-25)22-11-12-23(24(30)17-22)20-5-3-2-4-6-20/h2-12,17H,13-16,18H2,1H3,(H,31,35)(H,36,37). The fourth-order valence-electron chi connectivity index (χ4n) is 4.82. The Kier molecular flexibility index (Phi) is 7.38. The van der Waals surface area contributed by atoms with Crippen LogP contribution in [0.25, 0.3) is 34.0 Å². The molecule has 0 spiro atoms. The summed E-state index contributed by atoms with van der Waals surface area (Å²) in [6.45, 7) is 1.65. The Morgan fingerprint density at radius 2 is 1.72 bits per heavy atom. The Balaban J connectivity index is 1.23. The number of hydrogen-bond donors (Lipinski definition) is 2. The maximum Gasteiger partial charge on any atom is 0.506 e. The highest BCUT2D eigenvalue weighted by atomic mass is 19.1. The van der Waals surface area contributed by atoms with Crippen molar-refractivity contribution in [2.75, 3.05) is 20.1 Å². The zero-order valence-corrected chi connectivity index (χ0v) is 21.3. The summed E-state index contributed by atoms with van der Waals surface area (Å²) in [4.78, 5) is 30.0. The number of piperidine rings is 1. The summed E-state index contributed by atoms with van der Waals surface area (Å²) in [7, 11) is 1.47. The number of nitrogens with one attached hydrogen (secondary N) is 1. The molecule has 1 amide bonds. The van der Waals surface area contributed by atoms with Gasteiger partial charge >= 0.3 is 6.16 Å². The maximum absolute atomic E-state index is 14.8. The van der Waals surface area contributed by atoms with Crippen LogP contribution in [0, 0.1) is 5.82 Å². The van der Waals surface area contributed by atoms with Gasteiger partial charge in [-0.05, 0) is 23.3 Å². The highest BCUT2D eigenvalue weighted by Gasteiger charge is 2.44. The Morgan fingerprint density at radius 1 is 1.03 bits per heavy atom. The molecule has 1 aromatic heterocycles. The van der Waals surface area contributed by atoms with Crippen LogP contribution in [0.3, 0.4) is 0 Å². The van der Waals surface area contributed by atoms with E-state index < -0.39 is 17.7 Å². The van der Waals surface area contributed by atoms with Gasteiger partial charge in [-0.25, -0.2) is 9.18 Å². The summed E-state index contributed by atoms with van der Waals surface area (Å²) in [5, 5.41) is 15.7. The molecule has 0 aliphatic carbocycles. The number of carboxylic acid groups (broad SMARTS) is 1. The van der Waals surface area contributed by atoms with Crippen molar-refractivity contribution in [3.8, 4) is 34.0 Å². The van der Waals surface area contributed by atoms with Crippen LogP contribution >= 0.6 is 0 Å². The van der Waals surface area contributed by atoms with Crippen LogP contribution in [0.2, 0.25) is 0 Å². The molecule has 1 aliphatic heterocycles. The van der Waals surface area contributed by atoms with Gasteiger partial charge in [0.2, 0.25) is 5.82 Å². The summed E-state index contributed by atoms with van der Waals surface area (Å²) in [6.07, 6.45) is -0.910. The molecule has 200 valence electrons. The molecule has 0 unspecified atom stereocenters. The van der Waals surface area contributed by atoms with Gasteiger partial charge in [-0.15, -0.1) is 0 Å². The van der Waals surface area contributed by atoms with Gasteiger partial charge in [0.15, 0.2) is 5.60 Å². The van der Waals surface area contributed by atoms with E-state index in [9.17, 15) is 14.0 Å². The van der Waals surface area contributed by atoms with E-state index in [2.05, 4.69) is 20.4 Å². The maximum atomic E-state index is 14.8. The van der Waals surface area contributed by atoms with E-state index in [0.717, 1.165) is 16.7 Å². The van der Waals surface area contributed by atoms with Crippen LogP contribution in [-0.4, -0.2) is 57.9 Å². The first-order chi connectivity index (χ1) is 18.9. The number of carbonyl (C=O) groups excluding carboxylic acids is 1. The molecule has 1 aliphatic rings. The number of likely N-dealkylation sites (N-methyl/N-ethyl adjacent to an activating group) is 1. The topological polar surface area (TPSA) is 118 Å². The van der Waals surface area contributed by atoms with Gasteiger partial charge in [-0.2, -0.15) is 4.98 Å². The minimum absolute atomic E-state index is 0.226. The molecule has 10 heteroatoms. The molecule has 5 rings (SSSR count). The van der Waals surface area contributed by atoms with Crippen LogP contribution in [0.1, 0.15) is 18.4 Å². The third-order valence-electron chi connectivity index (χ3n) is 6.93. The van der Waals surface area contributed by atoms with Gasteiger partial charge in [-0.3, -0.25) is 9.69 Å². The molecule has 2 N–H and O–H groups in total. The zero-order chi connectivity index (χ0) is 27.4. The zero-order valence-electron chi connectivity index (χ0n) is 21.3. The molecule has 1 saturated heterocycles. The Morgan fingerprint density at radius 3 is 2.36 bits per heavy atom. The second-order valence-corrected chi connectivity index (χ2v) is 9.40. The van der Waals surface area contributed by atoms with Gasteiger partial charge in [-0.1, -0.05) is 65.8 Å². The third kappa shape index (κ3) is 5.65. The van der Waals surface area contributed by atoms with Crippen molar-refractivity contribution in [2.24, 2.45) is 0 Å². The van der Waals surface area contributed by atoms with Crippen molar-refractivity contribution < 1.29 is 28.3 Å². The van der Waals surface area contributed by atoms with Crippen molar-refractivity contribution in [3.05, 3.63) is 84.2 Å². The lowest BCUT2D eigenvalue weighted by Gasteiger charge is -2.38. The van der Waals surface area contributed by atoms with Gasteiger partial charge in [0, 0.05) is 56.2 Å². The lowest BCUT2D eigenvalue weighted by molar-refractivity contribution is -0.147. The molecular formula is C29H27FN4O5. The van der Waals surface area contributed by atoms with Crippen LogP contribution in [0.5, 0.6) is 0 Å². The Hall–Kier alpha value is -4.57. The molecule has 0 bridgehead atoms. The average Bonchev–Trinajstić information content (AvgIpc) is 3.45. The monoisotopic (exact) mass is 530 g/mol. The number of benzene rings is 3. The highest BCUT2D eigenvalue weighted by molar-refractivity contribution is 5.86. The van der Waals surface area contributed by atoms with E-state index >= 15 is 0 Å². The quantitative estimate of drug-likeness (QED) is 0.321. The number of aromatic nitrogens is 2. The van der Waals surface area contributed by atoms with Gasteiger partial charge in [0.05, 0.1) is 0 Å². The molecule has 0 radical (unpaired) electrons. The SMILES string of the molecule is CNC(=O)C1(OC(=O)O)CCN(Cc2ccc(-c3noc(-c4ccc(-c5ccccc5)c(F)c4)n3)cc2)CC1. The van der Waals surface area contributed by atoms with Crippen LogP contribution in [-0.2, 0) is 16.1 Å². The number of likely N-dealkylation sites (tertiary alicyclic amines) is 1. The minimum atomic E-state index is -1.46. The predicted octanol–water partition coefficient (Wildman–Crippen LogP) is 4.98. The second kappa shape index (κ2) is 11.0. The smallest absolute Gasteiger partial charge is 0.450 e. The number of amides is 1. The van der Waals surface area contributed by atoms with Crippen molar-refractivity contribution in [2.45, 2.75) is 25.0 Å². The van der Waals surface area contributed by atoms with Crippen LogP contribution < -0.4 is 5.32 Å². The van der Waals surface area contributed by atoms with Crippen LogP contribution in [0.15, 0.2) is 77.3 Å². The van der Waals surface area contributed by atoms with Crippen LogP contribution in [0.4, 0.5) is 9.18 Å². The molecule has 0 saturated carbocycles. The van der Waals surface area contributed by atoms with Gasteiger partial charge in [0.25, 0.3) is 11.8 Å². The first-order valence-corrected chi connectivity index (χ1v) is 12.5. The molecule has 4 aromatic rings. The number of rotatable bonds is 7. The highest BCUT2D eigenvalue weighted by Crippen LogP contribution is 2.30. The first kappa shape index (κ1) is 26.1. The summed E-state index contributed by atoms with van der Waals surface area (Å²) in [6, 6.07) is 21.8. The van der Waals surface area contributed by atoms with Crippen molar-refractivity contribution in [3.63, 3.8) is 0 Å². The van der Waals surface area contributed by atoms with Gasteiger partial charge < -0.3 is 19.7 Å². The number of hydrogen-bond acceptors (Lipinski definition) is 7. The summed E-state index contributed by atoms with van der Waals surface area (Å²) in [5.74, 6) is -0.182. The van der Waals surface area contributed by atoms with E-state index in [1.54, 1.807) is 12.1 Å². The molecule has 2 heterocycles. The molecule has 0 atom stereocenters. The second-order valence-electron chi connectivity index (χ2n) is 9.40. The lowest BCUT2D eigenvalue weighted by atomic mass is 9.90. The lowest BCUT2D eigenvalue weighted by Crippen LogP contribution is -2.55. The van der Waals surface area contributed by atoms with E-state index in [1.807, 2.05) is 54.6 Å². The summed E-state index contributed by atoms with van der Waals surface area (Å²) in [5.41, 5.74) is 2.21. The average molecular weight is 531 g/mol. The number of ether oxygens (including phenoxy) is 1. The molecule has 1 fully saturated rings. The van der Waals surface area contributed by atoms with Crippen molar-refractivity contribution >= 4 is 12.1 Å². The van der Waals surface area contributed by atoms with Crippen molar-refractivity contribution in [1.29, 1.82) is 0 Å².